The zero-order valence-electron chi connectivity index (χ0n) is 14.5. The summed E-state index contributed by atoms with van der Waals surface area (Å²) in [6.07, 6.45) is 4.07. The molecule has 0 radical (unpaired) electrons. The monoisotopic (exact) mass is 335 g/mol. The van der Waals surface area contributed by atoms with Crippen molar-refractivity contribution in [2.75, 3.05) is 19.5 Å². The zero-order chi connectivity index (χ0) is 17.5. The minimum atomic E-state index is -0.865. The summed E-state index contributed by atoms with van der Waals surface area (Å²) in [7, 11) is 3.06. The molecule has 1 N–H and O–H groups in total. The Balaban J connectivity index is 1.97. The lowest BCUT2D eigenvalue weighted by Gasteiger charge is -2.22. The summed E-state index contributed by atoms with van der Waals surface area (Å²) in [6, 6.07) is 5.10. The van der Waals surface area contributed by atoms with Crippen LogP contribution in [0.3, 0.4) is 0 Å². The highest BCUT2D eigenvalue weighted by atomic mass is 16.5. The number of benzene rings is 1. The average Bonchev–Trinajstić information content (AvgIpc) is 2.62. The minimum absolute atomic E-state index is 0.0830. The van der Waals surface area contributed by atoms with Gasteiger partial charge in [0.1, 0.15) is 11.5 Å². The summed E-state index contributed by atoms with van der Waals surface area (Å²) < 4.78 is 15.7. The number of amides is 1. The Morgan fingerprint density at radius 1 is 1.12 bits per heavy atom. The normalized spacial score (nSPS) is 16.1. The highest BCUT2D eigenvalue weighted by Crippen LogP contribution is 2.29. The predicted octanol–water partition coefficient (Wildman–Crippen LogP) is 3.15. The van der Waals surface area contributed by atoms with Crippen molar-refractivity contribution in [1.29, 1.82) is 0 Å². The topological polar surface area (TPSA) is 73.9 Å². The first-order valence-electron chi connectivity index (χ1n) is 8.28. The first-order chi connectivity index (χ1) is 11.5. The fourth-order valence-corrected chi connectivity index (χ4v) is 2.81. The maximum atomic E-state index is 12.3. The van der Waals surface area contributed by atoms with E-state index in [1.165, 1.54) is 7.11 Å². The van der Waals surface area contributed by atoms with E-state index >= 15 is 0 Å². The zero-order valence-corrected chi connectivity index (χ0v) is 14.5. The van der Waals surface area contributed by atoms with Crippen molar-refractivity contribution < 1.29 is 23.8 Å². The van der Waals surface area contributed by atoms with Gasteiger partial charge >= 0.3 is 5.97 Å². The molecule has 0 heterocycles. The number of carbonyl (C=O) groups excluding carboxylic acids is 2. The molecule has 6 nitrogen and oxygen atoms in total. The van der Waals surface area contributed by atoms with Crippen molar-refractivity contribution in [1.82, 2.24) is 0 Å². The number of carbonyl (C=O) groups is 2. The van der Waals surface area contributed by atoms with Gasteiger partial charge in [0.05, 0.1) is 25.8 Å². The lowest BCUT2D eigenvalue weighted by Crippen LogP contribution is -2.33. The molecule has 1 atom stereocenters. The van der Waals surface area contributed by atoms with Gasteiger partial charge < -0.3 is 19.5 Å². The van der Waals surface area contributed by atoms with Gasteiger partial charge in [-0.2, -0.15) is 0 Å². The molecule has 1 aromatic carbocycles. The molecule has 1 aliphatic rings. The predicted molar refractivity (Wildman–Crippen MR) is 90.3 cm³/mol. The van der Waals surface area contributed by atoms with Crippen LogP contribution in [0.25, 0.3) is 0 Å². The van der Waals surface area contributed by atoms with Crippen LogP contribution in [-0.4, -0.2) is 32.2 Å². The molecule has 6 heteroatoms. The van der Waals surface area contributed by atoms with Crippen molar-refractivity contribution in [3.8, 4) is 11.5 Å². The number of ether oxygens (including phenoxy) is 3. The van der Waals surface area contributed by atoms with E-state index in [-0.39, 0.29) is 11.9 Å². The maximum absolute atomic E-state index is 12.3. The quantitative estimate of drug-likeness (QED) is 0.808. The summed E-state index contributed by atoms with van der Waals surface area (Å²) >= 11 is 0. The fraction of sp³-hybridized carbons (Fsp3) is 0.556. The van der Waals surface area contributed by atoms with Crippen LogP contribution >= 0.6 is 0 Å². The van der Waals surface area contributed by atoms with Crippen LogP contribution in [0, 0.1) is 5.92 Å². The van der Waals surface area contributed by atoms with Gasteiger partial charge in [0.25, 0.3) is 5.91 Å². The van der Waals surface area contributed by atoms with Crippen LogP contribution in [0.5, 0.6) is 11.5 Å². The molecule has 0 spiro atoms. The van der Waals surface area contributed by atoms with Gasteiger partial charge in [0.2, 0.25) is 0 Å². The number of rotatable bonds is 6. The third kappa shape index (κ3) is 4.63. The van der Waals surface area contributed by atoms with Gasteiger partial charge in [0.15, 0.2) is 6.10 Å². The SMILES string of the molecule is COc1ccc(OC)c(NC(=O)C(C)OC(=O)C2CCCCC2)c1. The van der Waals surface area contributed by atoms with Crippen molar-refractivity contribution >= 4 is 17.6 Å². The Morgan fingerprint density at radius 2 is 1.83 bits per heavy atom. The van der Waals surface area contributed by atoms with E-state index < -0.39 is 12.0 Å². The van der Waals surface area contributed by atoms with E-state index in [0.29, 0.717) is 17.2 Å². The van der Waals surface area contributed by atoms with Crippen LogP contribution < -0.4 is 14.8 Å². The third-order valence-electron chi connectivity index (χ3n) is 4.27. The average molecular weight is 335 g/mol. The summed E-state index contributed by atoms with van der Waals surface area (Å²) in [5.74, 6) is 0.342. The van der Waals surface area contributed by atoms with Gasteiger partial charge in [-0.25, -0.2) is 0 Å². The van der Waals surface area contributed by atoms with Crippen LogP contribution in [0.1, 0.15) is 39.0 Å². The molecule has 0 bridgehead atoms. The van der Waals surface area contributed by atoms with E-state index in [4.69, 9.17) is 14.2 Å². The number of esters is 1. The highest BCUT2D eigenvalue weighted by molar-refractivity contribution is 5.96. The smallest absolute Gasteiger partial charge is 0.309 e. The lowest BCUT2D eigenvalue weighted by molar-refractivity contribution is -0.158. The minimum Gasteiger partial charge on any atom is -0.497 e. The van der Waals surface area contributed by atoms with Crippen LogP contribution in [0.15, 0.2) is 18.2 Å². The summed E-state index contributed by atoms with van der Waals surface area (Å²) in [5, 5.41) is 2.72. The van der Waals surface area contributed by atoms with Crippen molar-refractivity contribution in [3.05, 3.63) is 18.2 Å². The van der Waals surface area contributed by atoms with E-state index in [0.717, 1.165) is 32.1 Å². The molecule has 1 aliphatic carbocycles. The molecular weight excluding hydrogens is 310 g/mol. The van der Waals surface area contributed by atoms with Crippen LogP contribution in [0.4, 0.5) is 5.69 Å². The molecule has 2 rings (SSSR count). The second-order valence-corrected chi connectivity index (χ2v) is 5.97. The number of anilines is 1. The molecule has 24 heavy (non-hydrogen) atoms. The summed E-state index contributed by atoms with van der Waals surface area (Å²) in [5.41, 5.74) is 0.474. The third-order valence-corrected chi connectivity index (χ3v) is 4.27. The van der Waals surface area contributed by atoms with Crippen LogP contribution in [-0.2, 0) is 14.3 Å². The maximum Gasteiger partial charge on any atom is 0.309 e. The lowest BCUT2D eigenvalue weighted by atomic mass is 9.89. The molecular formula is C18H25NO5. The van der Waals surface area contributed by atoms with Crippen molar-refractivity contribution in [2.24, 2.45) is 5.92 Å². The molecule has 0 aromatic heterocycles. The Morgan fingerprint density at radius 3 is 2.46 bits per heavy atom. The number of nitrogens with one attached hydrogen (secondary N) is 1. The number of hydrogen-bond acceptors (Lipinski definition) is 5. The summed E-state index contributed by atoms with van der Waals surface area (Å²) in [4.78, 5) is 24.5. The largest absolute Gasteiger partial charge is 0.497 e. The van der Waals surface area contributed by atoms with E-state index in [2.05, 4.69) is 5.32 Å². The molecule has 1 fully saturated rings. The second kappa shape index (κ2) is 8.57. The molecule has 1 unspecified atom stereocenters. The van der Waals surface area contributed by atoms with Crippen molar-refractivity contribution in [2.45, 2.75) is 45.1 Å². The number of methoxy groups -OCH3 is 2. The Labute approximate surface area is 142 Å². The van der Waals surface area contributed by atoms with Gasteiger partial charge in [-0.3, -0.25) is 9.59 Å². The van der Waals surface area contributed by atoms with Gasteiger partial charge in [-0.15, -0.1) is 0 Å². The van der Waals surface area contributed by atoms with Gasteiger partial charge in [-0.1, -0.05) is 19.3 Å². The summed E-state index contributed by atoms with van der Waals surface area (Å²) in [6.45, 7) is 1.57. The molecule has 1 amide bonds. The first-order valence-corrected chi connectivity index (χ1v) is 8.28. The standard InChI is InChI=1S/C18H25NO5/c1-12(24-18(21)13-7-5-4-6-8-13)17(20)19-15-11-14(22-2)9-10-16(15)23-3/h9-13H,4-8H2,1-3H3,(H,19,20). The molecule has 1 aromatic rings. The molecule has 0 aliphatic heterocycles. The van der Waals surface area contributed by atoms with E-state index in [1.54, 1.807) is 32.2 Å². The fourth-order valence-electron chi connectivity index (χ4n) is 2.81. The van der Waals surface area contributed by atoms with Gasteiger partial charge in [0, 0.05) is 6.07 Å². The Hall–Kier alpha value is -2.24. The van der Waals surface area contributed by atoms with E-state index in [1.807, 2.05) is 0 Å². The van der Waals surface area contributed by atoms with Crippen molar-refractivity contribution in [3.63, 3.8) is 0 Å². The Bertz CT molecular complexity index is 581. The van der Waals surface area contributed by atoms with Crippen LogP contribution in [0.2, 0.25) is 0 Å². The number of hydrogen-bond donors (Lipinski definition) is 1. The first kappa shape index (κ1) is 18.1. The second-order valence-electron chi connectivity index (χ2n) is 5.97. The molecule has 132 valence electrons. The molecule has 1 saturated carbocycles. The molecule has 0 saturated heterocycles. The Kier molecular flexibility index (Phi) is 6.46. The van der Waals surface area contributed by atoms with Gasteiger partial charge in [-0.05, 0) is 31.9 Å². The van der Waals surface area contributed by atoms with E-state index in [9.17, 15) is 9.59 Å². The highest BCUT2D eigenvalue weighted by Gasteiger charge is 2.26.